The summed E-state index contributed by atoms with van der Waals surface area (Å²) in [6.07, 6.45) is 8.87. The Hall–Kier alpha value is -3.47. The van der Waals surface area contributed by atoms with E-state index in [1.807, 2.05) is 0 Å². The van der Waals surface area contributed by atoms with Gasteiger partial charge in [0.2, 0.25) is 0 Å². The Balaban J connectivity index is 1.45. The number of carbonyl (C=O) groups is 1. The Kier molecular flexibility index (Phi) is 9.64. The van der Waals surface area contributed by atoms with Gasteiger partial charge in [-0.05, 0) is 72.6 Å². The number of para-hydroxylation sites is 1. The topological polar surface area (TPSA) is 47.9 Å². The van der Waals surface area contributed by atoms with Gasteiger partial charge >= 0.3 is 5.97 Å². The number of aliphatic imine (C=N–C) groups is 1. The molecule has 0 spiro atoms. The first-order chi connectivity index (χ1) is 16.2. The van der Waals surface area contributed by atoms with Crippen LogP contribution in [-0.2, 0) is 0 Å². The van der Waals surface area contributed by atoms with E-state index in [2.05, 4.69) is 11.9 Å². The van der Waals surface area contributed by atoms with Crippen molar-refractivity contribution in [3.63, 3.8) is 0 Å². The van der Waals surface area contributed by atoms with Crippen LogP contribution in [-0.4, -0.2) is 18.8 Å². The number of hydrogen-bond acceptors (Lipinski definition) is 4. The average Bonchev–Trinajstić information content (AvgIpc) is 2.84. The first-order valence-corrected chi connectivity index (χ1v) is 11.5. The maximum Gasteiger partial charge on any atom is 0.343 e. The monoisotopic (exact) mass is 447 g/mol. The predicted molar refractivity (Wildman–Crippen MR) is 130 cm³/mol. The van der Waals surface area contributed by atoms with Gasteiger partial charge in [-0.1, -0.05) is 51.2 Å². The van der Waals surface area contributed by atoms with E-state index in [1.54, 1.807) is 72.9 Å². The number of unbranched alkanes of at least 4 members (excludes halogenated alkanes) is 5. The number of hydrogen-bond donors (Lipinski definition) is 0. The van der Waals surface area contributed by atoms with Gasteiger partial charge in [0.05, 0.1) is 17.9 Å². The lowest BCUT2D eigenvalue weighted by Gasteiger charge is -2.08. The molecule has 0 aliphatic rings. The summed E-state index contributed by atoms with van der Waals surface area (Å²) in [5.41, 5.74) is 1.49. The minimum Gasteiger partial charge on any atom is -0.494 e. The van der Waals surface area contributed by atoms with Crippen molar-refractivity contribution in [2.24, 2.45) is 4.99 Å². The molecule has 0 aliphatic heterocycles. The molecule has 172 valence electrons. The van der Waals surface area contributed by atoms with Crippen molar-refractivity contribution in [2.45, 2.75) is 45.4 Å². The van der Waals surface area contributed by atoms with E-state index in [9.17, 15) is 9.18 Å². The molecule has 0 fully saturated rings. The van der Waals surface area contributed by atoms with E-state index in [0.717, 1.165) is 17.7 Å². The number of carbonyl (C=O) groups excluding carboxylic acids is 1. The quantitative estimate of drug-likeness (QED) is 0.125. The number of halogens is 1. The maximum absolute atomic E-state index is 13.6. The van der Waals surface area contributed by atoms with Crippen molar-refractivity contribution in [3.8, 4) is 11.5 Å². The highest BCUT2D eigenvalue weighted by Crippen LogP contribution is 2.19. The van der Waals surface area contributed by atoms with Gasteiger partial charge in [-0.15, -0.1) is 0 Å². The van der Waals surface area contributed by atoms with Crippen LogP contribution in [0.1, 0.15) is 61.4 Å². The zero-order valence-corrected chi connectivity index (χ0v) is 19.0. The molecular formula is C28H30FNO3. The molecular weight excluding hydrogens is 417 g/mol. The van der Waals surface area contributed by atoms with E-state index in [4.69, 9.17) is 9.47 Å². The Morgan fingerprint density at radius 2 is 1.52 bits per heavy atom. The molecule has 0 amide bonds. The third-order valence-electron chi connectivity index (χ3n) is 5.15. The van der Waals surface area contributed by atoms with Crippen LogP contribution in [0.2, 0.25) is 0 Å². The average molecular weight is 448 g/mol. The molecule has 0 saturated carbocycles. The van der Waals surface area contributed by atoms with Gasteiger partial charge in [0, 0.05) is 6.21 Å². The molecule has 0 N–H and O–H groups in total. The van der Waals surface area contributed by atoms with Crippen LogP contribution in [0.4, 0.5) is 10.1 Å². The Morgan fingerprint density at radius 3 is 2.24 bits per heavy atom. The highest BCUT2D eigenvalue weighted by atomic mass is 19.1. The van der Waals surface area contributed by atoms with Crippen LogP contribution in [0.15, 0.2) is 77.8 Å². The van der Waals surface area contributed by atoms with Gasteiger partial charge in [-0.3, -0.25) is 4.99 Å². The van der Waals surface area contributed by atoms with Crippen molar-refractivity contribution < 1.29 is 18.7 Å². The van der Waals surface area contributed by atoms with Crippen LogP contribution in [0, 0.1) is 5.82 Å². The summed E-state index contributed by atoms with van der Waals surface area (Å²) in [6.45, 7) is 2.90. The molecule has 4 nitrogen and oxygen atoms in total. The third kappa shape index (κ3) is 8.19. The van der Waals surface area contributed by atoms with Crippen LogP contribution in [0.3, 0.4) is 0 Å². The minimum atomic E-state index is -0.440. The van der Waals surface area contributed by atoms with Crippen molar-refractivity contribution >= 4 is 17.9 Å². The molecule has 0 heterocycles. The van der Waals surface area contributed by atoms with Crippen LogP contribution in [0.25, 0.3) is 0 Å². The summed E-state index contributed by atoms with van der Waals surface area (Å²) in [5, 5.41) is 0. The molecule has 0 bridgehead atoms. The van der Waals surface area contributed by atoms with Crippen molar-refractivity contribution in [1.82, 2.24) is 0 Å². The summed E-state index contributed by atoms with van der Waals surface area (Å²) in [6, 6.07) is 20.2. The van der Waals surface area contributed by atoms with Gasteiger partial charge in [-0.25, -0.2) is 9.18 Å². The molecule has 3 aromatic rings. The fourth-order valence-electron chi connectivity index (χ4n) is 3.25. The maximum atomic E-state index is 13.6. The van der Waals surface area contributed by atoms with Gasteiger partial charge in [0.15, 0.2) is 0 Å². The van der Waals surface area contributed by atoms with Gasteiger partial charge in [-0.2, -0.15) is 0 Å². The summed E-state index contributed by atoms with van der Waals surface area (Å²) < 4.78 is 24.8. The second-order valence-corrected chi connectivity index (χ2v) is 7.81. The molecule has 33 heavy (non-hydrogen) atoms. The summed E-state index contributed by atoms with van der Waals surface area (Å²) >= 11 is 0. The molecule has 0 aliphatic carbocycles. The normalized spacial score (nSPS) is 11.0. The first kappa shape index (κ1) is 24.2. The van der Waals surface area contributed by atoms with Gasteiger partial charge in [0.25, 0.3) is 0 Å². The number of ether oxygens (including phenoxy) is 2. The Labute approximate surface area is 195 Å². The predicted octanol–water partition coefficient (Wildman–Crippen LogP) is 7.53. The van der Waals surface area contributed by atoms with Gasteiger partial charge < -0.3 is 9.47 Å². The molecule has 0 saturated heterocycles. The van der Waals surface area contributed by atoms with E-state index in [0.29, 0.717) is 17.9 Å². The smallest absolute Gasteiger partial charge is 0.343 e. The van der Waals surface area contributed by atoms with E-state index >= 15 is 0 Å². The first-order valence-electron chi connectivity index (χ1n) is 11.5. The van der Waals surface area contributed by atoms with Crippen LogP contribution >= 0.6 is 0 Å². The lowest BCUT2D eigenvalue weighted by atomic mass is 10.1. The number of benzene rings is 3. The Morgan fingerprint density at radius 1 is 0.848 bits per heavy atom. The third-order valence-corrected chi connectivity index (χ3v) is 5.15. The Bertz CT molecular complexity index is 1030. The number of esters is 1. The molecule has 3 aromatic carbocycles. The van der Waals surface area contributed by atoms with E-state index in [-0.39, 0.29) is 11.5 Å². The summed E-state index contributed by atoms with van der Waals surface area (Å²) in [7, 11) is 0. The van der Waals surface area contributed by atoms with E-state index < -0.39 is 5.97 Å². The highest BCUT2D eigenvalue weighted by Gasteiger charge is 2.09. The summed E-state index contributed by atoms with van der Waals surface area (Å²) in [4.78, 5) is 16.6. The number of rotatable bonds is 12. The standard InChI is InChI=1S/C28H30FNO3/c1-2-3-4-5-6-9-20-32-24-18-14-23(15-19-24)28(31)33-25-16-12-22(13-17-25)21-30-27-11-8-7-10-26(27)29/h7-8,10-19,21H,2-6,9,20H2,1H3. The second kappa shape index (κ2) is 13.2. The van der Waals surface area contributed by atoms with Crippen LogP contribution < -0.4 is 9.47 Å². The molecule has 0 atom stereocenters. The minimum absolute atomic E-state index is 0.271. The van der Waals surface area contributed by atoms with Crippen molar-refractivity contribution in [1.29, 1.82) is 0 Å². The zero-order valence-electron chi connectivity index (χ0n) is 19.0. The fraction of sp³-hybridized carbons (Fsp3) is 0.286. The second-order valence-electron chi connectivity index (χ2n) is 7.81. The number of nitrogens with zero attached hydrogens (tertiary/aromatic N) is 1. The van der Waals surface area contributed by atoms with Crippen LogP contribution in [0.5, 0.6) is 11.5 Å². The molecule has 0 unspecified atom stereocenters. The highest BCUT2D eigenvalue weighted by molar-refractivity contribution is 5.91. The van der Waals surface area contributed by atoms with Gasteiger partial charge in [0.1, 0.15) is 17.3 Å². The van der Waals surface area contributed by atoms with Crippen molar-refractivity contribution in [2.75, 3.05) is 6.61 Å². The van der Waals surface area contributed by atoms with E-state index in [1.165, 1.54) is 38.2 Å². The molecule has 3 rings (SSSR count). The lowest BCUT2D eigenvalue weighted by Crippen LogP contribution is -2.08. The largest absolute Gasteiger partial charge is 0.494 e. The molecule has 0 radical (unpaired) electrons. The SMILES string of the molecule is CCCCCCCCOc1ccc(C(=O)Oc2ccc(C=Nc3ccccc3F)cc2)cc1. The zero-order chi connectivity index (χ0) is 23.3. The summed E-state index contributed by atoms with van der Waals surface area (Å²) in [5.74, 6) is 0.355. The molecule has 0 aromatic heterocycles. The molecule has 5 heteroatoms. The lowest BCUT2D eigenvalue weighted by molar-refractivity contribution is 0.0734. The van der Waals surface area contributed by atoms with Crippen molar-refractivity contribution in [3.05, 3.63) is 89.7 Å². The fourth-order valence-corrected chi connectivity index (χ4v) is 3.25.